The Kier molecular flexibility index (Phi) is 22.9. The standard InChI is InChI=1S/C57H74F3N5O15/c1-5-72-33-44-47(67)50(77-43(26-36-18-10-6-11-19-36)53(69)75-32-39-24-16-9-17-25-39)46(63-45(66)29-62-56(70)57(58,59)60)54(79-44)78-42-28-40(52(68)71-4)27-41(64-65-61)49(42)80-55-51(74-31-38-22-14-8-15-23-38)48(34(2)35(3)76-55)73-30-37-20-12-7-13-21-37/h7-9,12-17,20-25,34-36,40-44,46-51,54-55,67H,5-6,10-11,18-19,26-33H2,1-4H3,(H,62,70)(H,63,66)/t34-,35?,40?,41-,42-,43+,44+,46?,47+,48+,49-,50?,51?,54-,55+/m1/s1/i1T. The number of aliphatic hydroxyl groups is 1. The maximum Gasteiger partial charge on any atom is 0.471 e. The number of methoxy groups -OCH3 is 1. The summed E-state index contributed by atoms with van der Waals surface area (Å²) in [5.74, 6) is -6.48. The van der Waals surface area contributed by atoms with E-state index in [-0.39, 0.29) is 64.4 Å². The number of halogens is 3. The molecule has 438 valence electrons. The number of ether oxygens (including phenoxy) is 10. The van der Waals surface area contributed by atoms with Crippen molar-refractivity contribution in [2.75, 3.05) is 26.9 Å². The highest BCUT2D eigenvalue weighted by Crippen LogP contribution is 2.40. The Morgan fingerprint density at radius 1 is 0.825 bits per heavy atom. The number of amides is 2. The summed E-state index contributed by atoms with van der Waals surface area (Å²) < 4.78 is 112. The summed E-state index contributed by atoms with van der Waals surface area (Å²) in [4.78, 5) is 57.0. The van der Waals surface area contributed by atoms with E-state index in [4.69, 9.17) is 48.7 Å². The van der Waals surface area contributed by atoms with Gasteiger partial charge in [0.15, 0.2) is 18.7 Å². The number of nitrogens with one attached hydrogen (secondary N) is 2. The number of alkyl halides is 3. The Morgan fingerprint density at radius 2 is 1.45 bits per heavy atom. The van der Waals surface area contributed by atoms with Crippen LogP contribution in [0.4, 0.5) is 13.2 Å². The Hall–Kier alpha value is -5.72. The van der Waals surface area contributed by atoms with Crippen LogP contribution in [0.15, 0.2) is 96.1 Å². The molecule has 4 fully saturated rings. The van der Waals surface area contributed by atoms with Crippen LogP contribution in [0.25, 0.3) is 10.4 Å². The van der Waals surface area contributed by atoms with Gasteiger partial charge < -0.3 is 63.1 Å². The number of hydrogen-bond donors (Lipinski definition) is 3. The average molecular weight is 1130 g/mol. The minimum atomic E-state index is -5.35. The number of esters is 2. The van der Waals surface area contributed by atoms with E-state index in [1.54, 1.807) is 35.6 Å². The molecule has 2 aliphatic heterocycles. The molecule has 7 rings (SSSR count). The number of hydrogen-bond acceptors (Lipinski definition) is 16. The summed E-state index contributed by atoms with van der Waals surface area (Å²) >= 11 is 0. The van der Waals surface area contributed by atoms with Gasteiger partial charge in [-0.1, -0.05) is 135 Å². The number of benzene rings is 3. The van der Waals surface area contributed by atoms with Crippen LogP contribution in [0.2, 0.25) is 0 Å². The van der Waals surface area contributed by atoms with Crippen LogP contribution in [0, 0.1) is 17.8 Å². The molecule has 23 heteroatoms. The zero-order valence-corrected chi connectivity index (χ0v) is 45.1. The van der Waals surface area contributed by atoms with Crippen molar-refractivity contribution in [3.05, 3.63) is 118 Å². The lowest BCUT2D eigenvalue weighted by Crippen LogP contribution is -2.68. The van der Waals surface area contributed by atoms with Crippen LogP contribution < -0.4 is 10.6 Å². The van der Waals surface area contributed by atoms with Crippen molar-refractivity contribution < 1.29 is 86.2 Å². The third-order valence-corrected chi connectivity index (χ3v) is 15.1. The Bertz CT molecular complexity index is 2480. The summed E-state index contributed by atoms with van der Waals surface area (Å²) in [5, 5.41) is 20.5. The first kappa shape index (κ1) is 60.4. The first-order valence-electron chi connectivity index (χ1n) is 27.9. The van der Waals surface area contributed by atoms with E-state index >= 15 is 0 Å². The lowest BCUT2D eigenvalue weighted by Gasteiger charge is -2.49. The molecule has 3 N–H and O–H groups in total. The SMILES string of the molecule is [3H]CCOC[C@@H]1O[C@@H](O[C@@H]2CC(C(=O)OC)C[C@@H](N=[N+]=[N-])[C@H]2O[C@@H]2OC(C)[C@@H](C)[C@H](OCc3ccccc3)C2OCc2ccccc2)C(NC(=O)CNC(=O)C(F)(F)F)C(O[C@@H](CC2CCCCC2)C(=O)OCc2ccccc2)[C@H]1O. The predicted molar refractivity (Wildman–Crippen MR) is 279 cm³/mol. The predicted octanol–water partition coefficient (Wildman–Crippen LogP) is 7.32. The molecule has 20 nitrogen and oxygen atoms in total. The molecule has 0 radical (unpaired) electrons. The third kappa shape index (κ3) is 17.4. The van der Waals surface area contributed by atoms with Crippen molar-refractivity contribution in [1.82, 2.24) is 10.6 Å². The van der Waals surface area contributed by atoms with E-state index in [2.05, 4.69) is 15.3 Å². The van der Waals surface area contributed by atoms with Gasteiger partial charge in [-0.25, -0.2) is 4.79 Å². The molecule has 2 aliphatic carbocycles. The third-order valence-electron chi connectivity index (χ3n) is 15.1. The fraction of sp³-hybridized carbons (Fsp3) is 0.614. The highest BCUT2D eigenvalue weighted by Gasteiger charge is 2.54. The van der Waals surface area contributed by atoms with E-state index < -0.39 is 129 Å². The lowest BCUT2D eigenvalue weighted by molar-refractivity contribution is -0.339. The van der Waals surface area contributed by atoms with E-state index in [0.717, 1.165) is 43.2 Å². The first-order chi connectivity index (χ1) is 39.1. The molecule has 2 saturated heterocycles. The molecule has 0 bridgehead atoms. The van der Waals surface area contributed by atoms with Crippen molar-refractivity contribution in [1.29, 1.82) is 0 Å². The fourth-order valence-corrected chi connectivity index (χ4v) is 10.7. The monoisotopic (exact) mass is 1130 g/mol. The molecule has 2 heterocycles. The summed E-state index contributed by atoms with van der Waals surface area (Å²) in [6, 6.07) is 24.8. The van der Waals surface area contributed by atoms with E-state index in [0.29, 0.717) is 5.56 Å². The summed E-state index contributed by atoms with van der Waals surface area (Å²) in [7, 11) is 1.18. The first-order valence-corrected chi connectivity index (χ1v) is 27.2. The second-order valence-electron chi connectivity index (χ2n) is 20.6. The van der Waals surface area contributed by atoms with Crippen molar-refractivity contribution in [2.24, 2.45) is 22.9 Å². The maximum atomic E-state index is 14.3. The van der Waals surface area contributed by atoms with Gasteiger partial charge in [0.2, 0.25) is 5.91 Å². The van der Waals surface area contributed by atoms with Crippen LogP contribution >= 0.6 is 0 Å². The number of aliphatic hydroxyl groups excluding tert-OH is 1. The van der Waals surface area contributed by atoms with Crippen LogP contribution in [0.5, 0.6) is 0 Å². The summed E-state index contributed by atoms with van der Waals surface area (Å²) in [5.41, 5.74) is 12.5. The number of carbonyl (C=O) groups excluding carboxylic acids is 4. The molecule has 0 spiro atoms. The van der Waals surface area contributed by atoms with Crippen LogP contribution in [-0.4, -0.2) is 142 Å². The normalized spacial score (nSPS) is 29.7. The quantitative estimate of drug-likeness (QED) is 0.0247. The largest absolute Gasteiger partial charge is 0.471 e. The van der Waals surface area contributed by atoms with Gasteiger partial charge in [-0.05, 0) is 61.2 Å². The highest BCUT2D eigenvalue weighted by molar-refractivity contribution is 5.87. The van der Waals surface area contributed by atoms with E-state index in [9.17, 15) is 43.0 Å². The second kappa shape index (κ2) is 30.4. The molecular formula is C57H74F3N5O15. The summed E-state index contributed by atoms with van der Waals surface area (Å²) in [6.45, 7) is 2.00. The van der Waals surface area contributed by atoms with Gasteiger partial charge in [-0.3, -0.25) is 14.4 Å². The molecule has 2 saturated carbocycles. The van der Waals surface area contributed by atoms with Crippen molar-refractivity contribution >= 4 is 23.8 Å². The fourth-order valence-electron chi connectivity index (χ4n) is 10.7. The van der Waals surface area contributed by atoms with Gasteiger partial charge >= 0.3 is 24.0 Å². The Morgan fingerprint density at radius 3 is 2.05 bits per heavy atom. The molecular weight excluding hydrogens is 1050 g/mol. The van der Waals surface area contributed by atoms with Gasteiger partial charge in [-0.2, -0.15) is 13.2 Å². The molecule has 2 amide bonds. The van der Waals surface area contributed by atoms with E-state index in [1.807, 2.05) is 74.5 Å². The van der Waals surface area contributed by atoms with Crippen LogP contribution in [-0.2, 0) is 86.4 Å². The molecule has 3 aromatic carbocycles. The Labute approximate surface area is 464 Å². The number of nitrogens with zero attached hydrogens (tertiary/aromatic N) is 3. The molecule has 3 aromatic rings. The highest BCUT2D eigenvalue weighted by atomic mass is 19.4. The number of carbonyl (C=O) groups is 4. The van der Waals surface area contributed by atoms with Gasteiger partial charge in [0.1, 0.15) is 37.1 Å². The molecule has 4 aliphatic rings. The van der Waals surface area contributed by atoms with Gasteiger partial charge in [0.05, 0.1) is 69.9 Å². The van der Waals surface area contributed by atoms with Crippen LogP contribution in [0.3, 0.4) is 0 Å². The number of rotatable bonds is 25. The molecule has 80 heavy (non-hydrogen) atoms. The minimum absolute atomic E-state index is 0.0385. The summed E-state index contributed by atoms with van der Waals surface area (Å²) in [6.07, 6.45) is -15.7. The number of azide groups is 1. The second-order valence-corrected chi connectivity index (χ2v) is 20.6. The molecule has 5 unspecified atom stereocenters. The zero-order chi connectivity index (χ0) is 57.9. The van der Waals surface area contributed by atoms with E-state index in [1.165, 1.54) is 7.11 Å². The van der Waals surface area contributed by atoms with Crippen molar-refractivity contribution in [3.63, 3.8) is 0 Å². The Balaban J connectivity index is 1.28. The van der Waals surface area contributed by atoms with Crippen molar-refractivity contribution in [3.8, 4) is 0 Å². The minimum Gasteiger partial charge on any atom is -0.469 e. The van der Waals surface area contributed by atoms with Gasteiger partial charge in [-0.15, -0.1) is 0 Å². The maximum absolute atomic E-state index is 14.3. The molecule has 15 atom stereocenters. The smallest absolute Gasteiger partial charge is 0.469 e. The average Bonchev–Trinajstić information content (AvgIpc) is 3.47. The van der Waals surface area contributed by atoms with Gasteiger partial charge in [0, 0.05) is 18.8 Å². The van der Waals surface area contributed by atoms with Gasteiger partial charge in [0.25, 0.3) is 0 Å². The van der Waals surface area contributed by atoms with Crippen LogP contribution in [0.1, 0.15) is 90.2 Å². The van der Waals surface area contributed by atoms with Crippen molar-refractivity contribution in [2.45, 2.75) is 178 Å². The lowest BCUT2D eigenvalue weighted by atomic mass is 9.81. The molecule has 0 aromatic heterocycles. The topological polar surface area (TPSA) is 254 Å². The zero-order valence-electron chi connectivity index (χ0n) is 46.1.